The number of carbonyl (C=O) groups is 1. The van der Waals surface area contributed by atoms with Crippen molar-refractivity contribution >= 4 is 16.8 Å². The van der Waals surface area contributed by atoms with E-state index in [-0.39, 0.29) is 18.5 Å². The van der Waals surface area contributed by atoms with Crippen LogP contribution >= 0.6 is 0 Å². The first-order valence-electron chi connectivity index (χ1n) is 9.21. The molecule has 4 heterocycles. The Morgan fingerprint density at radius 3 is 2.86 bits per heavy atom. The maximum Gasteiger partial charge on any atom is 0.244 e. The number of carbonyl (C=O) groups excluding carboxylic acids is 1. The van der Waals surface area contributed by atoms with Gasteiger partial charge < -0.3 is 9.47 Å². The Kier molecular flexibility index (Phi) is 3.75. The molecule has 4 aromatic rings. The van der Waals surface area contributed by atoms with E-state index in [9.17, 15) is 4.79 Å². The summed E-state index contributed by atoms with van der Waals surface area (Å²) < 4.78 is 5.60. The fraction of sp³-hybridized carbons (Fsp3) is 0.316. The van der Waals surface area contributed by atoms with Crippen LogP contribution in [0.3, 0.4) is 0 Å². The fourth-order valence-corrected chi connectivity index (χ4v) is 3.83. The zero-order chi connectivity index (χ0) is 19.3. The van der Waals surface area contributed by atoms with Gasteiger partial charge in [-0.1, -0.05) is 18.2 Å². The summed E-state index contributed by atoms with van der Waals surface area (Å²) in [6.45, 7) is 3.34. The Morgan fingerprint density at radius 1 is 1.18 bits per heavy atom. The highest BCUT2D eigenvalue weighted by Gasteiger charge is 2.30. The summed E-state index contributed by atoms with van der Waals surface area (Å²) in [5, 5.41) is 18.3. The number of aromatic nitrogens is 7. The van der Waals surface area contributed by atoms with E-state index in [0.717, 1.165) is 28.1 Å². The molecule has 1 amide bonds. The topological polar surface area (TPSA) is 86.7 Å². The largest absolute Gasteiger partial charge is 0.331 e. The Hall–Kier alpha value is -3.49. The summed E-state index contributed by atoms with van der Waals surface area (Å²) in [5.74, 6) is 1.61. The molecule has 5 rings (SSSR count). The van der Waals surface area contributed by atoms with Crippen LogP contribution in [0.2, 0.25) is 0 Å². The first kappa shape index (κ1) is 16.7. The normalized spacial score (nSPS) is 16.5. The molecule has 28 heavy (non-hydrogen) atoms. The van der Waals surface area contributed by atoms with Gasteiger partial charge in [0.15, 0.2) is 11.6 Å². The van der Waals surface area contributed by atoms with Gasteiger partial charge in [0, 0.05) is 25.2 Å². The molecule has 1 atom stereocenters. The molecule has 0 saturated heterocycles. The molecule has 0 unspecified atom stereocenters. The predicted molar refractivity (Wildman–Crippen MR) is 102 cm³/mol. The average molecular weight is 376 g/mol. The van der Waals surface area contributed by atoms with Gasteiger partial charge in [-0.15, -0.1) is 10.2 Å². The molecule has 1 aromatic carbocycles. The summed E-state index contributed by atoms with van der Waals surface area (Å²) >= 11 is 0. The lowest BCUT2D eigenvalue weighted by Gasteiger charge is -2.32. The Bertz CT molecular complexity index is 1170. The van der Waals surface area contributed by atoms with Gasteiger partial charge in [0.2, 0.25) is 5.91 Å². The van der Waals surface area contributed by atoms with Crippen molar-refractivity contribution in [3.8, 4) is 11.4 Å². The number of fused-ring (bicyclic) bond motifs is 2. The third kappa shape index (κ3) is 2.67. The van der Waals surface area contributed by atoms with Crippen LogP contribution in [0.5, 0.6) is 0 Å². The number of amides is 1. The second kappa shape index (κ2) is 6.29. The van der Waals surface area contributed by atoms with Gasteiger partial charge in [0.25, 0.3) is 0 Å². The quantitative estimate of drug-likeness (QED) is 0.542. The highest BCUT2D eigenvalue weighted by atomic mass is 16.2. The van der Waals surface area contributed by atoms with Gasteiger partial charge >= 0.3 is 0 Å². The number of aryl methyl sites for hydroxylation is 1. The minimum atomic E-state index is 0.0258. The lowest BCUT2D eigenvalue weighted by molar-refractivity contribution is -0.134. The van der Waals surface area contributed by atoms with Gasteiger partial charge in [-0.25, -0.2) is 0 Å². The van der Waals surface area contributed by atoms with E-state index in [1.54, 1.807) is 21.8 Å². The molecule has 142 valence electrons. The molecule has 9 heteroatoms. The van der Waals surface area contributed by atoms with Crippen molar-refractivity contribution in [2.75, 3.05) is 6.54 Å². The number of benzene rings is 1. The third-order valence-corrected chi connectivity index (χ3v) is 5.18. The van der Waals surface area contributed by atoms with Crippen LogP contribution in [-0.4, -0.2) is 51.7 Å². The molecule has 3 aromatic heterocycles. The van der Waals surface area contributed by atoms with Crippen LogP contribution in [0.25, 0.3) is 22.3 Å². The number of rotatable bonds is 3. The zero-order valence-corrected chi connectivity index (χ0v) is 15.7. The van der Waals surface area contributed by atoms with Crippen molar-refractivity contribution in [3.05, 3.63) is 48.7 Å². The molecule has 1 aliphatic rings. The van der Waals surface area contributed by atoms with Gasteiger partial charge in [0.05, 0.1) is 36.1 Å². The number of hydrogen-bond acceptors (Lipinski definition) is 5. The standard InChI is InChI=1S/C19H20N8O/c1-13-9-25(18(28)12-26-16-6-4-3-5-14(16)7-21-26)11-17-22-23-19(27(13)17)15-8-20-24(2)10-15/h3-8,10,13H,9,11-12H2,1-2H3/t13-/m0/s1. The molecule has 0 aliphatic carbocycles. The fourth-order valence-electron chi connectivity index (χ4n) is 3.83. The van der Waals surface area contributed by atoms with Gasteiger partial charge in [-0.05, 0) is 13.0 Å². The summed E-state index contributed by atoms with van der Waals surface area (Å²) in [4.78, 5) is 14.8. The highest BCUT2D eigenvalue weighted by molar-refractivity contribution is 5.82. The van der Waals surface area contributed by atoms with Crippen LogP contribution < -0.4 is 0 Å². The van der Waals surface area contributed by atoms with Crippen molar-refractivity contribution in [3.63, 3.8) is 0 Å². The summed E-state index contributed by atoms with van der Waals surface area (Å²) in [7, 11) is 1.87. The van der Waals surface area contributed by atoms with Crippen molar-refractivity contribution in [1.29, 1.82) is 0 Å². The number of nitrogens with zero attached hydrogens (tertiary/aromatic N) is 8. The molecule has 0 radical (unpaired) electrons. The van der Waals surface area contributed by atoms with Crippen LogP contribution in [0, 0.1) is 0 Å². The molecule has 9 nitrogen and oxygen atoms in total. The Morgan fingerprint density at radius 2 is 2.04 bits per heavy atom. The maximum atomic E-state index is 12.9. The minimum Gasteiger partial charge on any atom is -0.331 e. The monoisotopic (exact) mass is 376 g/mol. The van der Waals surface area contributed by atoms with E-state index in [2.05, 4.69) is 31.9 Å². The molecular formula is C19H20N8O. The van der Waals surface area contributed by atoms with Gasteiger partial charge in [0.1, 0.15) is 6.54 Å². The molecule has 0 fully saturated rings. The molecule has 0 bridgehead atoms. The lowest BCUT2D eigenvalue weighted by Crippen LogP contribution is -2.42. The number of para-hydroxylation sites is 1. The molecular weight excluding hydrogens is 356 g/mol. The van der Waals surface area contributed by atoms with E-state index in [1.165, 1.54) is 0 Å². The average Bonchev–Trinajstić information content (AvgIpc) is 3.40. The smallest absolute Gasteiger partial charge is 0.244 e. The molecule has 1 aliphatic heterocycles. The van der Waals surface area contributed by atoms with E-state index in [1.807, 2.05) is 42.4 Å². The Balaban J connectivity index is 1.39. The van der Waals surface area contributed by atoms with Crippen LogP contribution in [-0.2, 0) is 24.9 Å². The summed E-state index contributed by atoms with van der Waals surface area (Å²) in [6, 6.07) is 7.97. The van der Waals surface area contributed by atoms with Gasteiger partial charge in [-0.2, -0.15) is 10.2 Å². The summed E-state index contributed by atoms with van der Waals surface area (Å²) in [5.41, 5.74) is 1.89. The first-order valence-corrected chi connectivity index (χ1v) is 9.21. The van der Waals surface area contributed by atoms with Crippen molar-refractivity contribution < 1.29 is 4.79 Å². The zero-order valence-electron chi connectivity index (χ0n) is 15.7. The highest BCUT2D eigenvalue weighted by Crippen LogP contribution is 2.27. The minimum absolute atomic E-state index is 0.0258. The SMILES string of the molecule is C[C@H]1CN(C(=O)Cn2ncc3ccccc32)Cc2nnc(-c3cnn(C)c3)n21. The third-order valence-electron chi connectivity index (χ3n) is 5.18. The van der Waals surface area contributed by atoms with Crippen LogP contribution in [0.1, 0.15) is 18.8 Å². The molecule has 0 spiro atoms. The first-order chi connectivity index (χ1) is 13.6. The van der Waals surface area contributed by atoms with Gasteiger partial charge in [-0.3, -0.25) is 14.2 Å². The van der Waals surface area contributed by atoms with E-state index in [0.29, 0.717) is 13.1 Å². The van der Waals surface area contributed by atoms with E-state index < -0.39 is 0 Å². The second-order valence-corrected chi connectivity index (χ2v) is 7.20. The van der Waals surface area contributed by atoms with Crippen molar-refractivity contribution in [2.24, 2.45) is 7.05 Å². The van der Waals surface area contributed by atoms with Crippen molar-refractivity contribution in [2.45, 2.75) is 26.1 Å². The van der Waals surface area contributed by atoms with Crippen LogP contribution in [0.15, 0.2) is 42.9 Å². The van der Waals surface area contributed by atoms with Crippen LogP contribution in [0.4, 0.5) is 0 Å². The predicted octanol–water partition coefficient (Wildman–Crippen LogP) is 1.63. The second-order valence-electron chi connectivity index (χ2n) is 7.20. The number of hydrogen-bond donors (Lipinski definition) is 0. The maximum absolute atomic E-state index is 12.9. The lowest BCUT2D eigenvalue weighted by atomic mass is 10.2. The van der Waals surface area contributed by atoms with E-state index in [4.69, 9.17) is 0 Å². The molecule has 0 saturated carbocycles. The Labute approximate surface area is 161 Å². The van der Waals surface area contributed by atoms with Crippen molar-refractivity contribution in [1.82, 2.24) is 39.2 Å². The summed E-state index contributed by atoms with van der Waals surface area (Å²) in [6.07, 6.45) is 5.49. The molecule has 0 N–H and O–H groups in total. The van der Waals surface area contributed by atoms with E-state index >= 15 is 0 Å².